The Kier molecular flexibility index (Phi) is 6.19. The van der Waals surface area contributed by atoms with Gasteiger partial charge in [0.15, 0.2) is 0 Å². The lowest BCUT2D eigenvalue weighted by Crippen LogP contribution is -2.43. The van der Waals surface area contributed by atoms with Gasteiger partial charge in [-0.1, -0.05) is 0 Å². The summed E-state index contributed by atoms with van der Waals surface area (Å²) in [6.45, 7) is 1.39. The van der Waals surface area contributed by atoms with Gasteiger partial charge >= 0.3 is 0 Å². The third-order valence-corrected chi connectivity index (χ3v) is 3.57. The largest absolute Gasteiger partial charge is 0.378 e. The third kappa shape index (κ3) is 3.89. The number of nitrogens with one attached hydrogen (secondary N) is 2. The van der Waals surface area contributed by atoms with E-state index in [1.165, 1.54) is 18.2 Å². The van der Waals surface area contributed by atoms with Crippen molar-refractivity contribution in [1.82, 2.24) is 10.6 Å². The van der Waals surface area contributed by atoms with Crippen LogP contribution < -0.4 is 10.6 Å². The maximum atomic E-state index is 13.1. The van der Waals surface area contributed by atoms with Crippen molar-refractivity contribution in [1.29, 1.82) is 0 Å². The molecule has 1 aliphatic heterocycles. The molecule has 0 aromatic heterocycles. The van der Waals surface area contributed by atoms with E-state index in [-0.39, 0.29) is 40.7 Å². The third-order valence-electron chi connectivity index (χ3n) is 2.96. The molecule has 4 nitrogen and oxygen atoms in total. The maximum Gasteiger partial charge on any atom is 0.251 e. The van der Waals surface area contributed by atoms with Crippen LogP contribution in [0.25, 0.3) is 0 Å². The molecule has 2 atom stereocenters. The van der Waals surface area contributed by atoms with Crippen LogP contribution in [0, 0.1) is 5.82 Å². The van der Waals surface area contributed by atoms with E-state index in [1.807, 2.05) is 0 Å². The fourth-order valence-corrected chi connectivity index (χ4v) is 2.31. The molecule has 1 saturated heterocycles. The highest BCUT2D eigenvalue weighted by Crippen LogP contribution is 2.17. The Morgan fingerprint density at radius 2 is 2.26 bits per heavy atom. The van der Waals surface area contributed by atoms with Crippen molar-refractivity contribution in [3.63, 3.8) is 0 Å². The van der Waals surface area contributed by atoms with E-state index in [0.717, 1.165) is 0 Å². The van der Waals surface area contributed by atoms with Crippen LogP contribution >= 0.6 is 28.3 Å². The molecule has 0 aliphatic carbocycles. The fraction of sp³-hybridized carbons (Fsp3) is 0.417. The molecule has 1 aromatic rings. The zero-order valence-corrected chi connectivity index (χ0v) is 12.7. The standard InChI is InChI=1S/C12H14BrFN2O2.ClH/c1-18-11-6-15-5-10(11)16-12(17)7-2-3-9(14)8(13)4-7;/h2-4,10-11,15H,5-6H2,1H3,(H,16,17);1H. The number of hydrogen-bond acceptors (Lipinski definition) is 3. The molecule has 2 rings (SSSR count). The summed E-state index contributed by atoms with van der Waals surface area (Å²) in [4.78, 5) is 12.0. The van der Waals surface area contributed by atoms with Crippen LogP contribution in [0.2, 0.25) is 0 Å². The average molecular weight is 354 g/mol. The number of amides is 1. The van der Waals surface area contributed by atoms with E-state index in [4.69, 9.17) is 4.74 Å². The zero-order chi connectivity index (χ0) is 13.1. The Hall–Kier alpha value is -0.690. The molecule has 0 bridgehead atoms. The van der Waals surface area contributed by atoms with Gasteiger partial charge in [0, 0.05) is 25.8 Å². The Balaban J connectivity index is 0.00000180. The Bertz CT molecular complexity index is 461. The topological polar surface area (TPSA) is 50.4 Å². The summed E-state index contributed by atoms with van der Waals surface area (Å²) in [6, 6.07) is 4.13. The second-order valence-electron chi connectivity index (χ2n) is 4.14. The lowest BCUT2D eigenvalue weighted by atomic mass is 10.1. The SMILES string of the molecule is COC1CNCC1NC(=O)c1ccc(F)c(Br)c1.Cl. The molecule has 0 spiro atoms. The first kappa shape index (κ1) is 16.4. The van der Waals surface area contributed by atoms with Gasteiger partial charge in [-0.25, -0.2) is 4.39 Å². The van der Waals surface area contributed by atoms with Gasteiger partial charge in [0.25, 0.3) is 5.91 Å². The Morgan fingerprint density at radius 1 is 1.53 bits per heavy atom. The number of carbonyl (C=O) groups excluding carboxylic acids is 1. The van der Waals surface area contributed by atoms with Crippen molar-refractivity contribution in [2.45, 2.75) is 12.1 Å². The molecule has 7 heteroatoms. The summed E-state index contributed by atoms with van der Waals surface area (Å²) >= 11 is 3.06. The predicted molar refractivity (Wildman–Crippen MR) is 76.3 cm³/mol. The van der Waals surface area contributed by atoms with Gasteiger partial charge in [0.05, 0.1) is 16.6 Å². The summed E-state index contributed by atoms with van der Waals surface area (Å²) in [5.41, 5.74) is 0.421. The number of hydrogen-bond donors (Lipinski definition) is 2. The molecule has 0 radical (unpaired) electrons. The smallest absolute Gasteiger partial charge is 0.251 e. The van der Waals surface area contributed by atoms with Gasteiger partial charge in [-0.2, -0.15) is 0 Å². The van der Waals surface area contributed by atoms with Crippen LogP contribution in [-0.2, 0) is 4.74 Å². The van der Waals surface area contributed by atoms with Gasteiger partial charge in [0.2, 0.25) is 0 Å². The lowest BCUT2D eigenvalue weighted by Gasteiger charge is -2.18. The average Bonchev–Trinajstić information content (AvgIpc) is 2.79. The second kappa shape index (κ2) is 7.19. The van der Waals surface area contributed by atoms with E-state index < -0.39 is 0 Å². The normalized spacial score (nSPS) is 21.8. The van der Waals surface area contributed by atoms with Crippen LogP contribution in [0.1, 0.15) is 10.4 Å². The molecular weight excluding hydrogens is 338 g/mol. The van der Waals surface area contributed by atoms with Crippen LogP contribution in [0.15, 0.2) is 22.7 Å². The molecule has 1 heterocycles. The van der Waals surface area contributed by atoms with E-state index in [9.17, 15) is 9.18 Å². The second-order valence-corrected chi connectivity index (χ2v) is 5.00. The fourth-order valence-electron chi connectivity index (χ4n) is 1.94. The summed E-state index contributed by atoms with van der Waals surface area (Å²) in [7, 11) is 1.62. The minimum Gasteiger partial charge on any atom is -0.378 e. The summed E-state index contributed by atoms with van der Waals surface area (Å²) in [6.07, 6.45) is -0.0298. The highest BCUT2D eigenvalue weighted by Gasteiger charge is 2.28. The molecule has 0 saturated carbocycles. The number of ether oxygens (including phenoxy) is 1. The minimum atomic E-state index is -0.385. The molecule has 2 unspecified atom stereocenters. The number of carbonyl (C=O) groups is 1. The highest BCUT2D eigenvalue weighted by molar-refractivity contribution is 9.10. The number of halogens is 3. The van der Waals surface area contributed by atoms with Gasteiger partial charge in [-0.05, 0) is 34.1 Å². The van der Waals surface area contributed by atoms with Crippen molar-refractivity contribution < 1.29 is 13.9 Å². The number of benzene rings is 1. The molecule has 1 aromatic carbocycles. The first-order valence-corrected chi connectivity index (χ1v) is 6.40. The van der Waals surface area contributed by atoms with Crippen molar-refractivity contribution in [2.24, 2.45) is 0 Å². The predicted octanol–water partition coefficient (Wildman–Crippen LogP) is 1.73. The Morgan fingerprint density at radius 3 is 2.89 bits per heavy atom. The van der Waals surface area contributed by atoms with Crippen molar-refractivity contribution >= 4 is 34.2 Å². The van der Waals surface area contributed by atoms with E-state index >= 15 is 0 Å². The van der Waals surface area contributed by atoms with Crippen LogP contribution in [-0.4, -0.2) is 38.3 Å². The quantitative estimate of drug-likeness (QED) is 0.870. The maximum absolute atomic E-state index is 13.1. The van der Waals surface area contributed by atoms with Crippen LogP contribution in [0.4, 0.5) is 4.39 Å². The van der Waals surface area contributed by atoms with E-state index in [2.05, 4.69) is 26.6 Å². The first-order chi connectivity index (χ1) is 8.61. The van der Waals surface area contributed by atoms with Crippen molar-refractivity contribution in [2.75, 3.05) is 20.2 Å². The molecule has 1 fully saturated rings. The number of methoxy groups -OCH3 is 1. The molecule has 2 N–H and O–H groups in total. The molecule has 1 amide bonds. The summed E-state index contributed by atoms with van der Waals surface area (Å²) in [5.74, 6) is -0.615. The van der Waals surface area contributed by atoms with Crippen LogP contribution in [0.5, 0.6) is 0 Å². The summed E-state index contributed by atoms with van der Waals surface area (Å²) in [5, 5.41) is 6.01. The first-order valence-electron chi connectivity index (χ1n) is 5.61. The van der Waals surface area contributed by atoms with E-state index in [1.54, 1.807) is 7.11 Å². The number of rotatable bonds is 3. The van der Waals surface area contributed by atoms with Gasteiger partial charge in [-0.3, -0.25) is 4.79 Å². The van der Waals surface area contributed by atoms with Gasteiger partial charge in [-0.15, -0.1) is 12.4 Å². The molecular formula is C12H15BrClFN2O2. The van der Waals surface area contributed by atoms with Crippen LogP contribution in [0.3, 0.4) is 0 Å². The monoisotopic (exact) mass is 352 g/mol. The Labute approximate surface area is 125 Å². The van der Waals surface area contributed by atoms with Gasteiger partial charge < -0.3 is 15.4 Å². The lowest BCUT2D eigenvalue weighted by molar-refractivity contribution is 0.0780. The summed E-state index contributed by atoms with van der Waals surface area (Å²) < 4.78 is 18.6. The molecule has 19 heavy (non-hydrogen) atoms. The highest BCUT2D eigenvalue weighted by atomic mass is 79.9. The van der Waals surface area contributed by atoms with Gasteiger partial charge in [0.1, 0.15) is 5.82 Å². The van der Waals surface area contributed by atoms with Crippen molar-refractivity contribution in [3.8, 4) is 0 Å². The van der Waals surface area contributed by atoms with E-state index in [0.29, 0.717) is 18.7 Å². The minimum absolute atomic E-state index is 0. The zero-order valence-electron chi connectivity index (χ0n) is 10.3. The van der Waals surface area contributed by atoms with Crippen molar-refractivity contribution in [3.05, 3.63) is 34.1 Å². The molecule has 106 valence electrons. The molecule has 1 aliphatic rings.